The van der Waals surface area contributed by atoms with Gasteiger partial charge < -0.3 is 19.7 Å². The molecule has 2 unspecified atom stereocenters. The molecule has 2 atom stereocenters. The molecule has 2 fully saturated rings. The molecular weight excluding hydrogens is 417 g/mol. The predicted molar refractivity (Wildman–Crippen MR) is 110 cm³/mol. The number of nitrogens with one attached hydrogen (secondary N) is 1. The highest BCUT2D eigenvalue weighted by molar-refractivity contribution is 6.09. The van der Waals surface area contributed by atoms with Crippen molar-refractivity contribution in [3.05, 3.63) is 59.4 Å². The molecular formula is C23H22FN3O5. The third kappa shape index (κ3) is 3.24. The first kappa shape index (κ1) is 20.3. The largest absolute Gasteiger partial charge is 0.454 e. The summed E-state index contributed by atoms with van der Waals surface area (Å²) in [6.45, 7) is 1.90. The molecule has 2 aromatic rings. The first-order chi connectivity index (χ1) is 15.4. The van der Waals surface area contributed by atoms with Gasteiger partial charge in [-0.15, -0.1) is 0 Å². The van der Waals surface area contributed by atoms with Crippen LogP contribution in [0.5, 0.6) is 11.5 Å². The second-order valence-electron chi connectivity index (χ2n) is 8.31. The Morgan fingerprint density at radius 3 is 2.69 bits per heavy atom. The van der Waals surface area contributed by atoms with Crippen molar-refractivity contribution in [2.75, 3.05) is 19.9 Å². The SMILES string of the molecule is CC1(c2ccc(F)cc2)NC(=O)N(CC(=O)N2CCCC2c2ccc3c(c2)OCO3)C1=O. The second-order valence-corrected chi connectivity index (χ2v) is 8.31. The lowest BCUT2D eigenvalue weighted by atomic mass is 9.92. The van der Waals surface area contributed by atoms with Gasteiger partial charge in [-0.1, -0.05) is 18.2 Å². The third-order valence-electron chi connectivity index (χ3n) is 6.34. The molecule has 0 saturated carbocycles. The van der Waals surface area contributed by atoms with Gasteiger partial charge in [0.05, 0.1) is 6.04 Å². The molecule has 0 spiro atoms. The Labute approximate surface area is 183 Å². The number of halogens is 1. The maximum atomic E-state index is 13.3. The number of likely N-dealkylation sites (tertiary alicyclic amines) is 1. The highest BCUT2D eigenvalue weighted by atomic mass is 19.1. The van der Waals surface area contributed by atoms with Crippen molar-refractivity contribution < 1.29 is 28.2 Å². The molecule has 5 rings (SSSR count). The molecule has 2 saturated heterocycles. The second kappa shape index (κ2) is 7.51. The topological polar surface area (TPSA) is 88.2 Å². The molecule has 4 amide bonds. The Bertz CT molecular complexity index is 1110. The van der Waals surface area contributed by atoms with Crippen LogP contribution in [0.15, 0.2) is 42.5 Å². The summed E-state index contributed by atoms with van der Waals surface area (Å²) in [4.78, 5) is 41.5. The molecule has 166 valence electrons. The van der Waals surface area contributed by atoms with Gasteiger partial charge in [-0.25, -0.2) is 9.18 Å². The van der Waals surface area contributed by atoms with Crippen LogP contribution in [0.2, 0.25) is 0 Å². The number of fused-ring (bicyclic) bond motifs is 1. The summed E-state index contributed by atoms with van der Waals surface area (Å²) < 4.78 is 24.1. The number of amides is 4. The summed E-state index contributed by atoms with van der Waals surface area (Å²) in [7, 11) is 0. The van der Waals surface area contributed by atoms with Crippen LogP contribution >= 0.6 is 0 Å². The van der Waals surface area contributed by atoms with Crippen LogP contribution in [-0.2, 0) is 15.1 Å². The Balaban J connectivity index is 1.33. The van der Waals surface area contributed by atoms with E-state index in [1.54, 1.807) is 11.8 Å². The van der Waals surface area contributed by atoms with E-state index in [0.29, 0.717) is 23.6 Å². The molecule has 9 heteroatoms. The minimum atomic E-state index is -1.35. The highest BCUT2D eigenvalue weighted by Gasteiger charge is 2.50. The predicted octanol–water partition coefficient (Wildman–Crippen LogP) is 2.69. The minimum Gasteiger partial charge on any atom is -0.454 e. The summed E-state index contributed by atoms with van der Waals surface area (Å²) in [6.07, 6.45) is 1.59. The number of carbonyl (C=O) groups is 3. The van der Waals surface area contributed by atoms with Gasteiger partial charge in [0.15, 0.2) is 11.5 Å². The minimum absolute atomic E-state index is 0.166. The Hall–Kier alpha value is -3.62. The summed E-state index contributed by atoms with van der Waals surface area (Å²) in [5, 5.41) is 2.65. The molecule has 2 aromatic carbocycles. The van der Waals surface area contributed by atoms with E-state index >= 15 is 0 Å². The molecule has 0 aliphatic carbocycles. The van der Waals surface area contributed by atoms with Crippen LogP contribution in [0.25, 0.3) is 0 Å². The summed E-state index contributed by atoms with van der Waals surface area (Å²) >= 11 is 0. The van der Waals surface area contributed by atoms with Crippen molar-refractivity contribution in [3.63, 3.8) is 0 Å². The van der Waals surface area contributed by atoms with Gasteiger partial charge in [0, 0.05) is 6.54 Å². The fraction of sp³-hybridized carbons (Fsp3) is 0.348. The van der Waals surface area contributed by atoms with E-state index < -0.39 is 23.3 Å². The van der Waals surface area contributed by atoms with Crippen LogP contribution < -0.4 is 14.8 Å². The third-order valence-corrected chi connectivity index (χ3v) is 6.34. The van der Waals surface area contributed by atoms with Crippen LogP contribution in [0.4, 0.5) is 9.18 Å². The van der Waals surface area contributed by atoms with E-state index in [1.165, 1.54) is 24.3 Å². The van der Waals surface area contributed by atoms with Crippen molar-refractivity contribution in [2.24, 2.45) is 0 Å². The summed E-state index contributed by atoms with van der Waals surface area (Å²) in [5.41, 5.74) is 0.0207. The number of hydrogen-bond acceptors (Lipinski definition) is 5. The smallest absolute Gasteiger partial charge is 0.325 e. The van der Waals surface area contributed by atoms with Crippen LogP contribution in [0, 0.1) is 5.82 Å². The molecule has 3 aliphatic rings. The van der Waals surface area contributed by atoms with Crippen LogP contribution in [-0.4, -0.2) is 47.5 Å². The van der Waals surface area contributed by atoms with Gasteiger partial charge in [-0.3, -0.25) is 14.5 Å². The summed E-state index contributed by atoms with van der Waals surface area (Å²) in [6, 6.07) is 10.2. The number of carbonyl (C=O) groups excluding carboxylic acids is 3. The van der Waals surface area contributed by atoms with Gasteiger partial charge >= 0.3 is 6.03 Å². The van der Waals surface area contributed by atoms with E-state index in [2.05, 4.69) is 5.32 Å². The standard InChI is InChI=1S/C23H22FN3O5/c1-23(15-5-7-16(24)8-6-15)21(29)27(22(30)25-23)12-20(28)26-10-2-3-17(26)14-4-9-18-19(11-14)32-13-31-18/h4-9,11,17H,2-3,10,12-13H2,1H3,(H,25,30). The number of imide groups is 1. The maximum Gasteiger partial charge on any atom is 0.325 e. The van der Waals surface area contributed by atoms with Gasteiger partial charge in [0.25, 0.3) is 5.91 Å². The zero-order chi connectivity index (χ0) is 22.5. The zero-order valence-electron chi connectivity index (χ0n) is 17.5. The van der Waals surface area contributed by atoms with Gasteiger partial charge in [0.1, 0.15) is 17.9 Å². The summed E-state index contributed by atoms with van der Waals surface area (Å²) in [5.74, 6) is 0.0260. The molecule has 8 nitrogen and oxygen atoms in total. The molecule has 1 N–H and O–H groups in total. The van der Waals surface area contributed by atoms with E-state index in [1.807, 2.05) is 18.2 Å². The number of benzene rings is 2. The van der Waals surface area contributed by atoms with E-state index in [4.69, 9.17) is 9.47 Å². The fourth-order valence-corrected chi connectivity index (χ4v) is 4.58. The molecule has 0 radical (unpaired) electrons. The lowest BCUT2D eigenvalue weighted by Crippen LogP contribution is -2.44. The average Bonchev–Trinajstić information content (AvgIpc) is 3.49. The quantitative estimate of drug-likeness (QED) is 0.740. The lowest BCUT2D eigenvalue weighted by molar-refractivity contribution is -0.139. The first-order valence-electron chi connectivity index (χ1n) is 10.5. The lowest BCUT2D eigenvalue weighted by Gasteiger charge is -2.27. The maximum absolute atomic E-state index is 13.3. The number of urea groups is 1. The van der Waals surface area contributed by atoms with E-state index in [-0.39, 0.29) is 25.3 Å². The number of nitrogens with zero attached hydrogens (tertiary/aromatic N) is 2. The molecule has 32 heavy (non-hydrogen) atoms. The van der Waals surface area contributed by atoms with Crippen molar-refractivity contribution >= 4 is 17.8 Å². The molecule has 3 heterocycles. The number of ether oxygens (including phenoxy) is 2. The Morgan fingerprint density at radius 1 is 1.16 bits per heavy atom. The molecule has 0 aromatic heterocycles. The molecule has 3 aliphatic heterocycles. The van der Waals surface area contributed by atoms with Crippen molar-refractivity contribution in [2.45, 2.75) is 31.3 Å². The van der Waals surface area contributed by atoms with Gasteiger partial charge in [0.2, 0.25) is 12.7 Å². The van der Waals surface area contributed by atoms with E-state index in [9.17, 15) is 18.8 Å². The fourth-order valence-electron chi connectivity index (χ4n) is 4.58. The normalized spacial score (nSPS) is 24.2. The molecule has 0 bridgehead atoms. The van der Waals surface area contributed by atoms with Crippen molar-refractivity contribution in [1.82, 2.24) is 15.1 Å². The van der Waals surface area contributed by atoms with Crippen molar-refractivity contribution in [1.29, 1.82) is 0 Å². The van der Waals surface area contributed by atoms with Crippen LogP contribution in [0.1, 0.15) is 36.9 Å². The van der Waals surface area contributed by atoms with Gasteiger partial charge in [-0.2, -0.15) is 0 Å². The number of rotatable bonds is 4. The highest BCUT2D eigenvalue weighted by Crippen LogP contribution is 2.39. The zero-order valence-corrected chi connectivity index (χ0v) is 17.5. The monoisotopic (exact) mass is 439 g/mol. The Kier molecular flexibility index (Phi) is 4.76. The van der Waals surface area contributed by atoms with Crippen molar-refractivity contribution in [3.8, 4) is 11.5 Å². The first-order valence-corrected chi connectivity index (χ1v) is 10.5. The van der Waals surface area contributed by atoms with Gasteiger partial charge in [-0.05, 0) is 55.2 Å². The van der Waals surface area contributed by atoms with Crippen LogP contribution in [0.3, 0.4) is 0 Å². The Morgan fingerprint density at radius 2 is 1.91 bits per heavy atom. The van der Waals surface area contributed by atoms with E-state index in [0.717, 1.165) is 23.3 Å². The average molecular weight is 439 g/mol. The number of hydrogen-bond donors (Lipinski definition) is 1.